The minimum absolute atomic E-state index is 0.0861. The van der Waals surface area contributed by atoms with E-state index in [0.29, 0.717) is 12.8 Å². The molecule has 7 atom stereocenters. The summed E-state index contributed by atoms with van der Waals surface area (Å²) in [5.41, 5.74) is -2.85. The van der Waals surface area contributed by atoms with Crippen LogP contribution in [0.2, 0.25) is 0 Å². The number of rotatable bonds is 8. The maximum atomic E-state index is 13.2. The van der Waals surface area contributed by atoms with Crippen LogP contribution < -0.4 is 11.2 Å². The predicted molar refractivity (Wildman–Crippen MR) is 120 cm³/mol. The summed E-state index contributed by atoms with van der Waals surface area (Å²) in [7, 11) is -4.40. The molecule has 0 amide bonds. The van der Waals surface area contributed by atoms with Crippen LogP contribution in [-0.2, 0) is 18.6 Å². The molecule has 33 heavy (non-hydrogen) atoms. The van der Waals surface area contributed by atoms with Crippen LogP contribution in [0.25, 0.3) is 0 Å². The molecule has 3 fully saturated rings. The highest BCUT2D eigenvalue weighted by Gasteiger charge is 2.85. The number of aromatic nitrogens is 2. The lowest BCUT2D eigenvalue weighted by Gasteiger charge is -2.39. The Hall–Kier alpha value is -1.29. The summed E-state index contributed by atoms with van der Waals surface area (Å²) in [5, 5.41) is 8.94. The Morgan fingerprint density at radius 1 is 1.27 bits per heavy atom. The van der Waals surface area contributed by atoms with Gasteiger partial charge in [-0.25, -0.2) is 4.79 Å². The Morgan fingerprint density at radius 2 is 1.91 bits per heavy atom. The lowest BCUT2D eigenvalue weighted by molar-refractivity contribution is -0.160. The van der Waals surface area contributed by atoms with Gasteiger partial charge < -0.3 is 19.5 Å². The van der Waals surface area contributed by atoms with Crippen LogP contribution in [0.3, 0.4) is 0 Å². The summed E-state index contributed by atoms with van der Waals surface area (Å²) in [6.45, 7) is 10.6. The molecule has 2 heterocycles. The van der Waals surface area contributed by atoms with E-state index in [1.54, 1.807) is 34.6 Å². The van der Waals surface area contributed by atoms with E-state index >= 15 is 0 Å². The highest BCUT2D eigenvalue weighted by Crippen LogP contribution is 2.76. The third-order valence-corrected chi connectivity index (χ3v) is 10.4. The Kier molecular flexibility index (Phi) is 5.72. The maximum absolute atomic E-state index is 13.2. The van der Waals surface area contributed by atoms with Crippen LogP contribution in [-0.4, -0.2) is 48.0 Å². The third kappa shape index (κ3) is 3.53. The monoisotopic (exact) mass is 486 g/mol. The zero-order chi connectivity index (χ0) is 24.6. The molecule has 186 valence electrons. The first-order valence-corrected chi connectivity index (χ1v) is 13.2. The van der Waals surface area contributed by atoms with Gasteiger partial charge in [0.25, 0.3) is 5.56 Å². The highest BCUT2D eigenvalue weighted by atomic mass is 31.2. The van der Waals surface area contributed by atoms with Crippen LogP contribution in [0.15, 0.2) is 21.9 Å². The fraction of sp³-hybridized carbons (Fsp3) is 0.818. The van der Waals surface area contributed by atoms with Gasteiger partial charge >= 0.3 is 13.3 Å². The Bertz CT molecular complexity index is 1090. The molecular formula is C22H35N2O8P. The second-order valence-corrected chi connectivity index (χ2v) is 12.3. The molecule has 1 saturated heterocycles. The molecule has 2 aliphatic carbocycles. The minimum Gasteiger partial charge on any atom is -0.377 e. The zero-order valence-electron chi connectivity index (χ0n) is 20.0. The van der Waals surface area contributed by atoms with Gasteiger partial charge in [-0.05, 0) is 46.5 Å². The van der Waals surface area contributed by atoms with E-state index in [-0.39, 0.29) is 30.7 Å². The van der Waals surface area contributed by atoms with Crippen molar-refractivity contribution in [1.82, 2.24) is 9.55 Å². The van der Waals surface area contributed by atoms with Crippen molar-refractivity contribution in [2.45, 2.75) is 102 Å². The van der Waals surface area contributed by atoms with Crippen LogP contribution in [0.1, 0.15) is 73.3 Å². The molecule has 1 aromatic heterocycles. The number of hydrogen-bond donors (Lipinski definition) is 3. The average molecular weight is 487 g/mol. The van der Waals surface area contributed by atoms with Crippen LogP contribution >= 0.6 is 7.60 Å². The zero-order valence-corrected chi connectivity index (χ0v) is 20.9. The van der Waals surface area contributed by atoms with E-state index in [4.69, 9.17) is 14.0 Å². The van der Waals surface area contributed by atoms with E-state index in [2.05, 4.69) is 4.98 Å². The van der Waals surface area contributed by atoms with E-state index in [1.807, 2.05) is 6.92 Å². The van der Waals surface area contributed by atoms with Gasteiger partial charge in [0.2, 0.25) is 0 Å². The summed E-state index contributed by atoms with van der Waals surface area (Å²) in [5.74, 6) is -1.28. The third-order valence-electron chi connectivity index (χ3n) is 8.04. The highest BCUT2D eigenvalue weighted by molar-refractivity contribution is 7.54. The minimum atomic E-state index is -4.40. The molecule has 0 bridgehead atoms. The first-order chi connectivity index (χ1) is 15.2. The predicted octanol–water partition coefficient (Wildman–Crippen LogP) is 2.50. The molecule has 4 rings (SSSR count). The first kappa shape index (κ1) is 24.8. The van der Waals surface area contributed by atoms with Crippen molar-refractivity contribution in [1.29, 1.82) is 0 Å². The van der Waals surface area contributed by atoms with E-state index in [1.165, 1.54) is 16.8 Å². The van der Waals surface area contributed by atoms with Crippen molar-refractivity contribution in [2.24, 2.45) is 11.8 Å². The first-order valence-electron chi connectivity index (χ1n) is 11.7. The van der Waals surface area contributed by atoms with Crippen molar-refractivity contribution < 1.29 is 28.6 Å². The number of ether oxygens (including phenoxy) is 2. The second-order valence-electron chi connectivity index (χ2n) is 10.3. The topological polar surface area (TPSA) is 140 Å². The lowest BCUT2D eigenvalue weighted by Crippen LogP contribution is -2.44. The molecule has 1 aliphatic heterocycles. The number of nitrogens with zero attached hydrogens (tertiary/aromatic N) is 1. The van der Waals surface area contributed by atoms with Crippen LogP contribution in [0.5, 0.6) is 0 Å². The summed E-state index contributed by atoms with van der Waals surface area (Å²) < 4.78 is 33.4. The van der Waals surface area contributed by atoms with Gasteiger partial charge in [0.1, 0.15) is 11.7 Å². The van der Waals surface area contributed by atoms with E-state index in [9.17, 15) is 24.2 Å². The van der Waals surface area contributed by atoms with Gasteiger partial charge in [-0.1, -0.05) is 20.8 Å². The molecule has 2 saturated carbocycles. The van der Waals surface area contributed by atoms with Gasteiger partial charge in [-0.2, -0.15) is 0 Å². The van der Waals surface area contributed by atoms with Gasteiger partial charge in [0.05, 0.1) is 11.6 Å². The number of aromatic amines is 1. The maximum Gasteiger partial charge on any atom is 0.359 e. The molecule has 11 heteroatoms. The average Bonchev–Trinajstić information content (AvgIpc) is 3.11. The normalized spacial score (nSPS) is 36.0. The summed E-state index contributed by atoms with van der Waals surface area (Å²) in [6, 6.07) is 0.941. The van der Waals surface area contributed by atoms with Gasteiger partial charge in [-0.15, -0.1) is 0 Å². The number of hydrogen-bond acceptors (Lipinski definition) is 7. The van der Waals surface area contributed by atoms with E-state index < -0.39 is 47.3 Å². The molecule has 1 spiro atoms. The summed E-state index contributed by atoms with van der Waals surface area (Å²) in [6.07, 6.45) is 2.08. The molecule has 3 N–H and O–H groups in total. The SMILES string of the molecule is CCC(C)(OP(=O)(O)C(O)(CC)CC)C1C2CC(n3ccc(=O)[nH]c3=O)C3OC(C)(C)OC231. The summed E-state index contributed by atoms with van der Waals surface area (Å²) >= 11 is 0. The van der Waals surface area contributed by atoms with Crippen molar-refractivity contribution in [3.63, 3.8) is 0 Å². The van der Waals surface area contributed by atoms with Crippen molar-refractivity contribution in [3.05, 3.63) is 33.1 Å². The molecule has 10 nitrogen and oxygen atoms in total. The van der Waals surface area contributed by atoms with Gasteiger partial charge in [-0.3, -0.25) is 23.4 Å². The van der Waals surface area contributed by atoms with E-state index in [0.717, 1.165) is 0 Å². The number of H-pyrrole nitrogens is 1. The van der Waals surface area contributed by atoms with Gasteiger partial charge in [0.15, 0.2) is 11.1 Å². The second kappa shape index (κ2) is 7.60. The molecule has 3 aliphatic rings. The van der Waals surface area contributed by atoms with Gasteiger partial charge in [0, 0.05) is 24.1 Å². The lowest BCUT2D eigenvalue weighted by atomic mass is 9.88. The molecule has 0 aromatic carbocycles. The standard InChI is InChI=1S/C22H35N2O8P/c1-7-20(6,32-33(28,29)21(27,8-2)9-3)16-13-12-14(24-11-10-15(25)23-18(24)26)17-22(13,16)31-19(4,5)30-17/h10-11,13-14,16-17,27H,7-9,12H2,1-6H3,(H,28,29)(H,23,25,26). The molecule has 1 aromatic rings. The number of nitrogens with one attached hydrogen (secondary N) is 1. The van der Waals surface area contributed by atoms with Crippen molar-refractivity contribution in [2.75, 3.05) is 0 Å². The Morgan fingerprint density at radius 3 is 2.45 bits per heavy atom. The van der Waals surface area contributed by atoms with Crippen molar-refractivity contribution in [3.8, 4) is 0 Å². The summed E-state index contributed by atoms with van der Waals surface area (Å²) in [4.78, 5) is 37.1. The fourth-order valence-electron chi connectivity index (χ4n) is 6.18. The smallest absolute Gasteiger partial charge is 0.359 e. The number of aliphatic hydroxyl groups is 1. The van der Waals surface area contributed by atoms with Crippen LogP contribution in [0.4, 0.5) is 0 Å². The quantitative estimate of drug-likeness (QED) is 0.476. The van der Waals surface area contributed by atoms with Crippen molar-refractivity contribution >= 4 is 7.60 Å². The Labute approximate surface area is 192 Å². The van der Waals surface area contributed by atoms with Crippen LogP contribution in [0, 0.1) is 11.8 Å². The molecule has 0 radical (unpaired) electrons. The molecule has 7 unspecified atom stereocenters. The Balaban J connectivity index is 1.69. The largest absolute Gasteiger partial charge is 0.377 e. The fourth-order valence-corrected chi connectivity index (χ4v) is 7.96. The molecular weight excluding hydrogens is 451 g/mol.